The summed E-state index contributed by atoms with van der Waals surface area (Å²) in [6, 6.07) is 0. The van der Waals surface area contributed by atoms with Gasteiger partial charge < -0.3 is 18.9 Å². The Morgan fingerprint density at radius 2 is 1.52 bits per heavy atom. The van der Waals surface area contributed by atoms with Gasteiger partial charge in [0.1, 0.15) is 18.3 Å². The molecule has 0 amide bonds. The largest absolute Gasteiger partial charge is 0.466 e. The van der Waals surface area contributed by atoms with E-state index in [-0.39, 0.29) is 88.5 Å². The summed E-state index contributed by atoms with van der Waals surface area (Å²) < 4.78 is 23.2. The van der Waals surface area contributed by atoms with Gasteiger partial charge >= 0.3 is 23.9 Å². The number of esters is 4. The third-order valence-electron chi connectivity index (χ3n) is 11.5. The zero-order valence-electron chi connectivity index (χ0n) is 25.5. The molecule has 4 fully saturated rings. The monoisotopic (exact) mass is 562 g/mol. The van der Waals surface area contributed by atoms with Gasteiger partial charge in [-0.3, -0.25) is 19.2 Å². The lowest BCUT2D eigenvalue weighted by atomic mass is 9.43. The summed E-state index contributed by atoms with van der Waals surface area (Å²) in [5.74, 6) is 0.475. The van der Waals surface area contributed by atoms with Crippen molar-refractivity contribution in [1.82, 2.24) is 0 Å². The summed E-state index contributed by atoms with van der Waals surface area (Å²) in [4.78, 5) is 48.8. The van der Waals surface area contributed by atoms with E-state index in [4.69, 9.17) is 18.9 Å². The minimum Gasteiger partial charge on any atom is -0.466 e. The Morgan fingerprint density at radius 1 is 0.850 bits per heavy atom. The highest BCUT2D eigenvalue weighted by molar-refractivity contribution is 5.69. The van der Waals surface area contributed by atoms with E-state index < -0.39 is 0 Å². The Balaban J connectivity index is 1.67. The number of ether oxygens (including phenoxy) is 4. The van der Waals surface area contributed by atoms with Gasteiger partial charge in [0.2, 0.25) is 0 Å². The van der Waals surface area contributed by atoms with Crippen LogP contribution in [0.5, 0.6) is 0 Å². The van der Waals surface area contributed by atoms with Crippen molar-refractivity contribution >= 4 is 23.9 Å². The third-order valence-corrected chi connectivity index (χ3v) is 11.5. The summed E-state index contributed by atoms with van der Waals surface area (Å²) in [7, 11) is 0. The van der Waals surface area contributed by atoms with Crippen LogP contribution in [0.25, 0.3) is 0 Å². The van der Waals surface area contributed by atoms with Gasteiger partial charge in [-0.1, -0.05) is 20.8 Å². The Kier molecular flexibility index (Phi) is 9.26. The molecule has 0 spiro atoms. The first-order valence-corrected chi connectivity index (χ1v) is 15.5. The van der Waals surface area contributed by atoms with Gasteiger partial charge in [0, 0.05) is 38.5 Å². The highest BCUT2D eigenvalue weighted by Crippen LogP contribution is 2.69. The van der Waals surface area contributed by atoms with Crippen molar-refractivity contribution in [3.8, 4) is 0 Å². The quantitative estimate of drug-likeness (QED) is 0.276. The van der Waals surface area contributed by atoms with Crippen LogP contribution in [0.15, 0.2) is 0 Å². The summed E-state index contributed by atoms with van der Waals surface area (Å²) in [5, 5.41) is 0. The van der Waals surface area contributed by atoms with Crippen LogP contribution in [0.3, 0.4) is 0 Å². The lowest BCUT2D eigenvalue weighted by Crippen LogP contribution is -2.63. The first-order chi connectivity index (χ1) is 18.8. The fourth-order valence-corrected chi connectivity index (χ4v) is 9.90. The fourth-order valence-electron chi connectivity index (χ4n) is 9.90. The normalized spacial score (nSPS) is 41.0. The third kappa shape index (κ3) is 5.78. The van der Waals surface area contributed by atoms with Crippen molar-refractivity contribution in [2.45, 2.75) is 125 Å². The van der Waals surface area contributed by atoms with Crippen LogP contribution in [0.4, 0.5) is 0 Å². The van der Waals surface area contributed by atoms with Crippen LogP contribution in [-0.2, 0) is 38.1 Å². The molecule has 0 unspecified atom stereocenters. The minimum absolute atomic E-state index is 0.0225. The molecule has 8 heteroatoms. The highest BCUT2D eigenvalue weighted by atomic mass is 16.6. The Bertz CT molecular complexity index is 978. The SMILES string of the molecule is CCOC(=O)CC[C@@H](C)[C@H]1CC[C@H]2[C@@H]3[C@H](OC(C)=O)C[C@@H]4C[C@H](OC(C)=O)CC[C@]4(C)[C@H]3C[C@H](OC(C)=O)[C@]12C. The van der Waals surface area contributed by atoms with Gasteiger partial charge in [-0.25, -0.2) is 0 Å². The first-order valence-electron chi connectivity index (χ1n) is 15.5. The molecule has 40 heavy (non-hydrogen) atoms. The smallest absolute Gasteiger partial charge is 0.305 e. The average molecular weight is 563 g/mol. The van der Waals surface area contributed by atoms with E-state index in [9.17, 15) is 19.2 Å². The average Bonchev–Trinajstić information content (AvgIpc) is 3.21. The molecule has 4 saturated carbocycles. The Labute approximate surface area is 239 Å². The first kappa shape index (κ1) is 30.8. The molecule has 0 N–H and O–H groups in total. The zero-order valence-corrected chi connectivity index (χ0v) is 25.5. The lowest BCUT2D eigenvalue weighted by Gasteiger charge is -2.64. The summed E-state index contributed by atoms with van der Waals surface area (Å²) in [5.41, 5.74) is -0.303. The molecule has 4 aliphatic carbocycles. The molecule has 4 aliphatic rings. The molecule has 0 radical (unpaired) electrons. The maximum Gasteiger partial charge on any atom is 0.305 e. The summed E-state index contributed by atoms with van der Waals surface area (Å²) >= 11 is 0. The molecule has 11 atom stereocenters. The number of fused-ring (bicyclic) bond motifs is 5. The maximum absolute atomic E-state index is 12.5. The van der Waals surface area contributed by atoms with Gasteiger partial charge in [-0.2, -0.15) is 0 Å². The van der Waals surface area contributed by atoms with Crippen molar-refractivity contribution in [2.75, 3.05) is 6.61 Å². The minimum atomic E-state index is -0.280. The molecule has 226 valence electrons. The second-order valence-electron chi connectivity index (χ2n) is 13.6. The number of rotatable bonds is 8. The molecular weight excluding hydrogens is 512 g/mol. The van der Waals surface area contributed by atoms with E-state index in [2.05, 4.69) is 20.8 Å². The lowest BCUT2D eigenvalue weighted by molar-refractivity contribution is -0.224. The van der Waals surface area contributed by atoms with Crippen LogP contribution in [0, 0.1) is 46.3 Å². The molecular formula is C32H50O8. The molecule has 4 rings (SSSR count). The molecule has 0 aromatic carbocycles. The molecule has 0 aromatic heterocycles. The molecule has 0 aliphatic heterocycles. The van der Waals surface area contributed by atoms with Gasteiger partial charge in [0.15, 0.2) is 0 Å². The number of hydrogen-bond donors (Lipinski definition) is 0. The van der Waals surface area contributed by atoms with Crippen molar-refractivity contribution in [3.05, 3.63) is 0 Å². The van der Waals surface area contributed by atoms with E-state index >= 15 is 0 Å². The summed E-state index contributed by atoms with van der Waals surface area (Å²) in [6.45, 7) is 13.5. The van der Waals surface area contributed by atoms with E-state index in [0.29, 0.717) is 13.0 Å². The van der Waals surface area contributed by atoms with Crippen LogP contribution in [-0.4, -0.2) is 48.8 Å². The van der Waals surface area contributed by atoms with Crippen molar-refractivity contribution < 1.29 is 38.1 Å². The predicted molar refractivity (Wildman–Crippen MR) is 148 cm³/mol. The number of hydrogen-bond acceptors (Lipinski definition) is 8. The highest BCUT2D eigenvalue weighted by Gasteiger charge is 2.67. The van der Waals surface area contributed by atoms with Crippen molar-refractivity contribution in [1.29, 1.82) is 0 Å². The maximum atomic E-state index is 12.5. The fraction of sp³-hybridized carbons (Fsp3) is 0.875. The van der Waals surface area contributed by atoms with Crippen LogP contribution in [0.1, 0.15) is 106 Å². The van der Waals surface area contributed by atoms with Gasteiger partial charge in [-0.05, 0) is 93.3 Å². The van der Waals surface area contributed by atoms with E-state index in [1.807, 2.05) is 6.92 Å². The molecule has 0 bridgehead atoms. The summed E-state index contributed by atoms with van der Waals surface area (Å²) in [6.07, 6.45) is 6.55. The van der Waals surface area contributed by atoms with E-state index in [0.717, 1.165) is 51.4 Å². The number of carbonyl (C=O) groups excluding carboxylic acids is 4. The second kappa shape index (κ2) is 12.0. The molecule has 0 aromatic rings. The van der Waals surface area contributed by atoms with Gasteiger partial charge in [0.25, 0.3) is 0 Å². The molecule has 0 heterocycles. The Morgan fingerprint density at radius 3 is 2.15 bits per heavy atom. The van der Waals surface area contributed by atoms with Crippen LogP contribution in [0.2, 0.25) is 0 Å². The Hall–Kier alpha value is -2.12. The molecule has 0 saturated heterocycles. The van der Waals surface area contributed by atoms with Crippen LogP contribution < -0.4 is 0 Å². The van der Waals surface area contributed by atoms with Crippen LogP contribution >= 0.6 is 0 Å². The topological polar surface area (TPSA) is 105 Å². The van der Waals surface area contributed by atoms with E-state index in [1.165, 1.54) is 20.8 Å². The van der Waals surface area contributed by atoms with E-state index in [1.54, 1.807) is 0 Å². The predicted octanol–water partition coefficient (Wildman–Crippen LogP) is 5.64. The zero-order chi connectivity index (χ0) is 29.4. The van der Waals surface area contributed by atoms with Crippen molar-refractivity contribution in [3.63, 3.8) is 0 Å². The van der Waals surface area contributed by atoms with Gasteiger partial charge in [0.05, 0.1) is 6.61 Å². The standard InChI is InChI=1S/C32H50O8/c1-8-37-29(36)12-9-18(2)24-10-11-25-30-26(17-28(32(24,25)7)40-21(5)35)31(6)14-13-23(38-19(3)33)15-22(31)16-27(30)39-20(4)34/h18,22-28,30H,8-17H2,1-7H3/t18-,22+,23-,24-,25+,26+,27-,28+,30+,31+,32-/m1/s1. The second-order valence-corrected chi connectivity index (χ2v) is 13.6. The molecule has 8 nitrogen and oxygen atoms in total. The van der Waals surface area contributed by atoms with Gasteiger partial charge in [-0.15, -0.1) is 0 Å². The van der Waals surface area contributed by atoms with Crippen molar-refractivity contribution in [2.24, 2.45) is 46.3 Å². The number of carbonyl (C=O) groups is 4.